The minimum Gasteiger partial charge on any atom is -0.507 e. The van der Waals surface area contributed by atoms with Crippen molar-refractivity contribution in [1.29, 1.82) is 0 Å². The van der Waals surface area contributed by atoms with Gasteiger partial charge in [-0.25, -0.2) is 0 Å². The minimum atomic E-state index is -0.430. The molecule has 2 aromatic rings. The van der Waals surface area contributed by atoms with Crippen LogP contribution < -0.4 is 0 Å². The van der Waals surface area contributed by atoms with Crippen LogP contribution in [0.2, 0.25) is 0 Å². The van der Waals surface area contributed by atoms with Gasteiger partial charge in [-0.2, -0.15) is 0 Å². The van der Waals surface area contributed by atoms with Gasteiger partial charge in [0.15, 0.2) is 5.78 Å². The number of aliphatic hydroxyl groups excluding tert-OH is 1. The average Bonchev–Trinajstić information content (AvgIpc) is 2.34. The van der Waals surface area contributed by atoms with E-state index in [4.69, 9.17) is 0 Å². The van der Waals surface area contributed by atoms with Gasteiger partial charge < -0.3 is 20.4 Å². The summed E-state index contributed by atoms with van der Waals surface area (Å²) in [6, 6.07) is 1.38. The number of ketones is 1. The van der Waals surface area contributed by atoms with Crippen LogP contribution in [0, 0.1) is 13.8 Å². The maximum absolute atomic E-state index is 12.0. The molecule has 0 saturated carbocycles. The number of hydrogen-bond acceptors (Lipinski definition) is 5. The van der Waals surface area contributed by atoms with E-state index in [1.54, 1.807) is 6.92 Å². The quantitative estimate of drug-likeness (QED) is 0.591. The molecular weight excluding hydrogens is 260 g/mol. The monoisotopic (exact) mass is 272 g/mol. The number of hydrogen-bond donors (Lipinski definition) is 4. The topological polar surface area (TPSA) is 98.0 Å². The van der Waals surface area contributed by atoms with Crippen molar-refractivity contribution in [3.8, 4) is 17.2 Å². The van der Waals surface area contributed by atoms with Crippen LogP contribution in [0.5, 0.6) is 17.2 Å². The Morgan fingerprint density at radius 1 is 0.900 bits per heavy atom. The Labute approximate surface area is 114 Å². The third-order valence-corrected chi connectivity index (χ3v) is 3.71. The summed E-state index contributed by atoms with van der Waals surface area (Å²) in [5.41, 5.74) is 0.958. The van der Waals surface area contributed by atoms with Crippen molar-refractivity contribution >= 4 is 22.3 Å². The van der Waals surface area contributed by atoms with E-state index in [0.29, 0.717) is 5.56 Å². The van der Waals surface area contributed by atoms with Crippen LogP contribution in [0.15, 0.2) is 12.1 Å². The largest absolute Gasteiger partial charge is 0.507 e. The molecule has 0 saturated heterocycles. The molecule has 0 aliphatic heterocycles. The molecule has 20 heavy (non-hydrogen) atoms. The molecule has 5 heteroatoms. The molecule has 0 atom stereocenters. The Morgan fingerprint density at radius 2 is 1.55 bits per heavy atom. The summed E-state index contributed by atoms with van der Waals surface area (Å²) >= 11 is 0. The van der Waals surface area contributed by atoms with E-state index in [1.807, 2.05) is 0 Å². The Balaban J connectivity index is 2.73. The molecule has 4 N–H and O–H groups in total. The van der Waals surface area contributed by atoms with Crippen molar-refractivity contribution in [2.45, 2.75) is 13.8 Å². The highest BCUT2D eigenvalue weighted by atomic mass is 16.3. The summed E-state index contributed by atoms with van der Waals surface area (Å²) in [5, 5.41) is 40.4. The molecule has 2 aromatic carbocycles. The molecule has 3 rings (SSSR count). The molecule has 5 nitrogen and oxygen atoms in total. The van der Waals surface area contributed by atoms with Gasteiger partial charge in [-0.05, 0) is 25.5 Å². The number of carbonyl (C=O) groups is 1. The highest BCUT2D eigenvalue weighted by Gasteiger charge is 2.29. The predicted octanol–water partition coefficient (Wildman–Crippen LogP) is 2.67. The van der Waals surface area contributed by atoms with Gasteiger partial charge >= 0.3 is 0 Å². The summed E-state index contributed by atoms with van der Waals surface area (Å²) < 4.78 is 0. The van der Waals surface area contributed by atoms with E-state index in [0.717, 1.165) is 6.08 Å². The van der Waals surface area contributed by atoms with Crippen molar-refractivity contribution in [2.75, 3.05) is 0 Å². The van der Waals surface area contributed by atoms with Gasteiger partial charge in [-0.15, -0.1) is 0 Å². The summed E-state index contributed by atoms with van der Waals surface area (Å²) in [5.74, 6) is -1.62. The fraction of sp³-hybridized carbons (Fsp3) is 0.133. The molecule has 0 bridgehead atoms. The molecule has 0 spiro atoms. The van der Waals surface area contributed by atoms with Gasteiger partial charge in [-0.1, -0.05) is 0 Å². The number of allylic oxidation sites excluding steroid dienone is 1. The van der Waals surface area contributed by atoms with Gasteiger partial charge in [0.25, 0.3) is 0 Å². The van der Waals surface area contributed by atoms with Crippen molar-refractivity contribution in [2.24, 2.45) is 0 Å². The van der Waals surface area contributed by atoms with Gasteiger partial charge in [0, 0.05) is 22.6 Å². The lowest BCUT2D eigenvalue weighted by Crippen LogP contribution is -2.08. The van der Waals surface area contributed by atoms with E-state index >= 15 is 0 Å². The predicted molar refractivity (Wildman–Crippen MR) is 73.4 cm³/mol. The van der Waals surface area contributed by atoms with Crippen molar-refractivity contribution in [3.05, 3.63) is 34.4 Å². The van der Waals surface area contributed by atoms with Gasteiger partial charge in [-0.3, -0.25) is 4.79 Å². The second-order valence-electron chi connectivity index (χ2n) is 4.93. The first-order valence-electron chi connectivity index (χ1n) is 6.00. The van der Waals surface area contributed by atoms with Crippen LogP contribution in [0.25, 0.3) is 16.5 Å². The van der Waals surface area contributed by atoms with Crippen molar-refractivity contribution < 1.29 is 25.2 Å². The molecule has 0 amide bonds. The van der Waals surface area contributed by atoms with Crippen LogP contribution in [-0.4, -0.2) is 26.2 Å². The fourth-order valence-corrected chi connectivity index (χ4v) is 2.73. The average molecular weight is 272 g/mol. The molecular formula is C15H12O5. The molecule has 0 unspecified atom stereocenters. The maximum atomic E-state index is 12.0. The molecule has 0 fully saturated rings. The van der Waals surface area contributed by atoms with Crippen LogP contribution in [-0.2, 0) is 0 Å². The number of phenolic OH excluding ortho intramolecular Hbond substituents is 3. The van der Waals surface area contributed by atoms with Gasteiger partial charge in [0.2, 0.25) is 0 Å². The first-order chi connectivity index (χ1) is 9.34. The fourth-order valence-electron chi connectivity index (χ4n) is 2.73. The van der Waals surface area contributed by atoms with Crippen LogP contribution in [0.1, 0.15) is 27.0 Å². The number of aliphatic hydroxyl groups is 1. The third kappa shape index (κ3) is 1.29. The zero-order chi connectivity index (χ0) is 14.8. The summed E-state index contributed by atoms with van der Waals surface area (Å²) in [4.78, 5) is 12.0. The Hall–Kier alpha value is -2.69. The molecule has 1 aliphatic carbocycles. The van der Waals surface area contributed by atoms with Crippen molar-refractivity contribution in [1.82, 2.24) is 0 Å². The van der Waals surface area contributed by atoms with Gasteiger partial charge in [0.05, 0.1) is 10.9 Å². The highest BCUT2D eigenvalue weighted by molar-refractivity contribution is 6.24. The maximum Gasteiger partial charge on any atom is 0.190 e. The molecule has 1 aliphatic rings. The van der Waals surface area contributed by atoms with E-state index in [9.17, 15) is 25.2 Å². The number of carbonyl (C=O) groups excluding carboxylic acids is 1. The highest BCUT2D eigenvalue weighted by Crippen LogP contribution is 2.48. The lowest BCUT2D eigenvalue weighted by molar-refractivity contribution is 0.104. The zero-order valence-electron chi connectivity index (χ0n) is 10.9. The molecule has 0 radical (unpaired) electrons. The number of rotatable bonds is 0. The first-order valence-corrected chi connectivity index (χ1v) is 6.00. The third-order valence-electron chi connectivity index (χ3n) is 3.71. The molecule has 0 aromatic heterocycles. The van der Waals surface area contributed by atoms with Crippen LogP contribution in [0.3, 0.4) is 0 Å². The Bertz CT molecular complexity index is 830. The zero-order valence-corrected chi connectivity index (χ0v) is 10.9. The van der Waals surface area contributed by atoms with Gasteiger partial charge in [0.1, 0.15) is 23.0 Å². The normalized spacial score (nSPS) is 13.7. The lowest BCUT2D eigenvalue weighted by Gasteiger charge is -2.21. The van der Waals surface area contributed by atoms with Crippen LogP contribution in [0.4, 0.5) is 0 Å². The van der Waals surface area contributed by atoms with E-state index in [-0.39, 0.29) is 50.5 Å². The second kappa shape index (κ2) is 3.66. The lowest BCUT2D eigenvalue weighted by atomic mass is 9.85. The van der Waals surface area contributed by atoms with E-state index < -0.39 is 5.78 Å². The standard InChI is InChI=1S/C15H12O5/c1-5-3-7(16)11-13-10(5)8(17)4-9(18)12(13)15(20)6(2)14(11)19/h3-4,16,18-20H,1-2H3. The first kappa shape index (κ1) is 12.3. The number of benzene rings is 2. The van der Waals surface area contributed by atoms with E-state index in [1.165, 1.54) is 13.0 Å². The number of aryl methyl sites for hydroxylation is 1. The number of phenols is 3. The molecule has 102 valence electrons. The SMILES string of the molecule is Cc1cc(O)c2c(O)c(C)c(O)c3c2c1C(=O)C=C3O. The summed E-state index contributed by atoms with van der Waals surface area (Å²) in [6.45, 7) is 3.10. The summed E-state index contributed by atoms with van der Waals surface area (Å²) in [7, 11) is 0. The smallest absolute Gasteiger partial charge is 0.190 e. The number of aromatic hydroxyl groups is 3. The Kier molecular flexibility index (Phi) is 2.26. The second-order valence-corrected chi connectivity index (χ2v) is 4.93. The molecule has 0 heterocycles. The van der Waals surface area contributed by atoms with Crippen molar-refractivity contribution in [3.63, 3.8) is 0 Å². The summed E-state index contributed by atoms with van der Waals surface area (Å²) in [6.07, 6.45) is 1.03. The minimum absolute atomic E-state index is 0.0592. The Morgan fingerprint density at radius 3 is 2.20 bits per heavy atom. The van der Waals surface area contributed by atoms with Crippen LogP contribution >= 0.6 is 0 Å². The van der Waals surface area contributed by atoms with E-state index in [2.05, 4.69) is 0 Å².